The smallest absolute Gasteiger partial charge is 0.123 e. The molecule has 6 rings (SSSR count). The van der Waals surface area contributed by atoms with Gasteiger partial charge in [0, 0.05) is 16.9 Å². The first kappa shape index (κ1) is 21.9. The molecule has 0 fully saturated rings. The minimum Gasteiger partial charge on any atom is -0.489 e. The summed E-state index contributed by atoms with van der Waals surface area (Å²) in [6.45, 7) is 0.575. The zero-order chi connectivity index (χ0) is 24.2. The molecular weight excluding hydrogens is 438 g/mol. The van der Waals surface area contributed by atoms with Gasteiger partial charge in [0.2, 0.25) is 0 Å². The van der Waals surface area contributed by atoms with E-state index in [1.807, 2.05) is 12.2 Å². The van der Waals surface area contributed by atoms with Crippen molar-refractivity contribution in [1.82, 2.24) is 0 Å². The molecule has 5 aromatic rings. The third-order valence-corrected chi connectivity index (χ3v) is 6.58. The normalized spacial score (nSPS) is 12.8. The van der Waals surface area contributed by atoms with Gasteiger partial charge in [-0.15, -0.1) is 0 Å². The van der Waals surface area contributed by atoms with Gasteiger partial charge in [0.25, 0.3) is 0 Å². The Balaban J connectivity index is 1.61. The highest BCUT2D eigenvalue weighted by atomic mass is 16.5. The number of para-hydroxylation sites is 2. The Morgan fingerprint density at radius 3 is 2.08 bits per heavy atom. The van der Waals surface area contributed by atoms with Gasteiger partial charge in [-0.2, -0.15) is 0 Å². The number of anilines is 3. The van der Waals surface area contributed by atoms with Gasteiger partial charge in [-0.05, 0) is 76.9 Å². The number of ether oxygens (including phenoxy) is 1. The number of hydrogen-bond donors (Lipinski definition) is 0. The maximum atomic E-state index is 6.07. The summed E-state index contributed by atoms with van der Waals surface area (Å²) in [5.74, 6) is 0.944. The largest absolute Gasteiger partial charge is 0.489 e. The average molecular weight is 466 g/mol. The Labute approximate surface area is 212 Å². The van der Waals surface area contributed by atoms with Crippen LogP contribution in [0.2, 0.25) is 0 Å². The molecule has 1 heterocycles. The Kier molecular flexibility index (Phi) is 6.08. The van der Waals surface area contributed by atoms with Gasteiger partial charge in [-0.1, -0.05) is 91.0 Å². The lowest BCUT2D eigenvalue weighted by atomic mass is 9.93. The van der Waals surface area contributed by atoms with Crippen LogP contribution in [0.3, 0.4) is 0 Å². The van der Waals surface area contributed by atoms with Gasteiger partial charge < -0.3 is 9.64 Å². The second-order valence-corrected chi connectivity index (χ2v) is 8.88. The Bertz CT molecular complexity index is 1510. The van der Waals surface area contributed by atoms with E-state index in [0.29, 0.717) is 6.61 Å². The minimum absolute atomic E-state index is 0.575. The van der Waals surface area contributed by atoms with E-state index in [1.165, 1.54) is 27.5 Å². The molecule has 0 N–H and O–H groups in total. The van der Waals surface area contributed by atoms with Crippen LogP contribution in [-0.2, 0) is 6.42 Å². The topological polar surface area (TPSA) is 12.5 Å². The third-order valence-electron chi connectivity index (χ3n) is 6.58. The van der Waals surface area contributed by atoms with E-state index in [1.54, 1.807) is 0 Å². The predicted molar refractivity (Wildman–Crippen MR) is 152 cm³/mol. The monoisotopic (exact) mass is 465 g/mol. The van der Waals surface area contributed by atoms with Crippen molar-refractivity contribution in [3.8, 4) is 16.9 Å². The van der Waals surface area contributed by atoms with E-state index in [-0.39, 0.29) is 0 Å². The summed E-state index contributed by atoms with van der Waals surface area (Å²) in [4.78, 5) is 2.35. The molecule has 0 atom stereocenters. The maximum Gasteiger partial charge on any atom is 0.123 e. The van der Waals surface area contributed by atoms with Crippen molar-refractivity contribution in [2.75, 3.05) is 11.5 Å². The maximum absolute atomic E-state index is 6.07. The fraction of sp³-hybridized carbons (Fsp3) is 0.0588. The van der Waals surface area contributed by atoms with Crippen LogP contribution in [0.25, 0.3) is 21.9 Å². The molecule has 0 saturated heterocycles. The first-order chi connectivity index (χ1) is 17.9. The molecule has 5 aromatic carbocycles. The van der Waals surface area contributed by atoms with Crippen molar-refractivity contribution in [2.45, 2.75) is 6.42 Å². The van der Waals surface area contributed by atoms with E-state index in [9.17, 15) is 0 Å². The molecular formula is C34H27NO. The van der Waals surface area contributed by atoms with Crippen LogP contribution >= 0.6 is 0 Å². The van der Waals surface area contributed by atoms with Crippen molar-refractivity contribution >= 4 is 27.8 Å². The standard InChI is InChI=1S/C34H27NO/c1-2-12-24-36-33-23-21-28(25-27(33)14-5-1)34-31-19-11-10-13-26(31)20-22-32(34)35(29-15-6-3-7-16-29)30-17-8-4-9-18-30/h1-13,15-23,25H,14,24H2. The summed E-state index contributed by atoms with van der Waals surface area (Å²) in [7, 11) is 0. The molecule has 174 valence electrons. The molecule has 0 amide bonds. The number of fused-ring (bicyclic) bond motifs is 2. The Morgan fingerprint density at radius 2 is 1.31 bits per heavy atom. The lowest BCUT2D eigenvalue weighted by Gasteiger charge is -2.29. The first-order valence-electron chi connectivity index (χ1n) is 12.4. The van der Waals surface area contributed by atoms with Crippen LogP contribution in [0.1, 0.15) is 5.56 Å². The molecule has 0 saturated carbocycles. The highest BCUT2D eigenvalue weighted by Crippen LogP contribution is 2.44. The summed E-state index contributed by atoms with van der Waals surface area (Å²) >= 11 is 0. The van der Waals surface area contributed by atoms with Crippen molar-refractivity contribution in [1.29, 1.82) is 0 Å². The molecule has 0 bridgehead atoms. The van der Waals surface area contributed by atoms with Crippen molar-refractivity contribution in [3.05, 3.63) is 145 Å². The summed E-state index contributed by atoms with van der Waals surface area (Å²) in [6, 6.07) is 40.9. The number of allylic oxidation sites excluding steroid dienone is 3. The second kappa shape index (κ2) is 9.97. The van der Waals surface area contributed by atoms with Crippen LogP contribution in [0, 0.1) is 0 Å². The zero-order valence-corrected chi connectivity index (χ0v) is 20.0. The average Bonchev–Trinajstić information content (AvgIpc) is 3.06. The van der Waals surface area contributed by atoms with Crippen LogP contribution in [0.5, 0.6) is 5.75 Å². The second-order valence-electron chi connectivity index (χ2n) is 8.88. The molecule has 0 aliphatic carbocycles. The van der Waals surface area contributed by atoms with Crippen molar-refractivity contribution in [3.63, 3.8) is 0 Å². The zero-order valence-electron chi connectivity index (χ0n) is 20.0. The molecule has 0 spiro atoms. The Morgan fingerprint density at radius 1 is 0.611 bits per heavy atom. The summed E-state index contributed by atoms with van der Waals surface area (Å²) in [6.07, 6.45) is 9.21. The quantitative estimate of drug-likeness (QED) is 0.262. The van der Waals surface area contributed by atoms with E-state index in [0.717, 1.165) is 29.2 Å². The van der Waals surface area contributed by atoms with Gasteiger partial charge in [-0.25, -0.2) is 0 Å². The van der Waals surface area contributed by atoms with E-state index in [4.69, 9.17) is 4.74 Å². The van der Waals surface area contributed by atoms with Gasteiger partial charge >= 0.3 is 0 Å². The third kappa shape index (κ3) is 4.30. The minimum atomic E-state index is 0.575. The number of benzene rings is 5. The van der Waals surface area contributed by atoms with Crippen LogP contribution < -0.4 is 9.64 Å². The molecule has 0 aromatic heterocycles. The molecule has 1 aliphatic rings. The number of rotatable bonds is 4. The van der Waals surface area contributed by atoms with Gasteiger partial charge in [0.15, 0.2) is 0 Å². The fourth-order valence-electron chi connectivity index (χ4n) is 4.91. The lowest BCUT2D eigenvalue weighted by Crippen LogP contribution is -2.11. The highest BCUT2D eigenvalue weighted by Gasteiger charge is 2.20. The van der Waals surface area contributed by atoms with Crippen LogP contribution in [0.4, 0.5) is 17.1 Å². The summed E-state index contributed by atoms with van der Waals surface area (Å²) in [5, 5.41) is 2.45. The van der Waals surface area contributed by atoms with E-state index in [2.05, 4.69) is 132 Å². The van der Waals surface area contributed by atoms with Gasteiger partial charge in [0.1, 0.15) is 12.4 Å². The van der Waals surface area contributed by atoms with Crippen LogP contribution in [-0.4, -0.2) is 6.61 Å². The van der Waals surface area contributed by atoms with Crippen LogP contribution in [0.15, 0.2) is 140 Å². The summed E-state index contributed by atoms with van der Waals surface area (Å²) < 4.78 is 6.07. The van der Waals surface area contributed by atoms with Gasteiger partial charge in [0.05, 0.1) is 5.69 Å². The van der Waals surface area contributed by atoms with Crippen molar-refractivity contribution in [2.24, 2.45) is 0 Å². The number of nitrogens with zero attached hydrogens (tertiary/aromatic N) is 1. The van der Waals surface area contributed by atoms with E-state index < -0.39 is 0 Å². The summed E-state index contributed by atoms with van der Waals surface area (Å²) in [5.41, 5.74) is 6.98. The molecule has 0 unspecified atom stereocenters. The molecule has 0 radical (unpaired) electrons. The molecule has 1 aliphatic heterocycles. The highest BCUT2D eigenvalue weighted by molar-refractivity contribution is 6.05. The lowest BCUT2D eigenvalue weighted by molar-refractivity contribution is 0.360. The Hall–Kier alpha value is -4.56. The van der Waals surface area contributed by atoms with Gasteiger partial charge in [-0.3, -0.25) is 0 Å². The molecule has 2 nitrogen and oxygen atoms in total. The van der Waals surface area contributed by atoms with Crippen molar-refractivity contribution < 1.29 is 4.74 Å². The molecule has 2 heteroatoms. The SMILES string of the molecule is C1=CCOc2ccc(-c3c(N(c4ccccc4)c4ccccc4)ccc4ccccc34)cc2CC=C1. The van der Waals surface area contributed by atoms with E-state index >= 15 is 0 Å². The first-order valence-corrected chi connectivity index (χ1v) is 12.4. The fourth-order valence-corrected chi connectivity index (χ4v) is 4.91. The molecule has 36 heavy (non-hydrogen) atoms. The number of hydrogen-bond acceptors (Lipinski definition) is 2. The predicted octanol–water partition coefficient (Wildman–Crippen LogP) is 9.02.